The summed E-state index contributed by atoms with van der Waals surface area (Å²) in [6, 6.07) is 4.65. The number of benzene rings is 1. The molecule has 2 amide bonds. The van der Waals surface area contributed by atoms with Crippen molar-refractivity contribution in [1.29, 1.82) is 0 Å². The first-order valence-corrected chi connectivity index (χ1v) is 14.3. The first-order valence-electron chi connectivity index (χ1n) is 13.5. The lowest BCUT2D eigenvalue weighted by Gasteiger charge is -2.36. The molecule has 3 N–H and O–H groups in total. The van der Waals surface area contributed by atoms with Crippen LogP contribution in [0.2, 0.25) is 0 Å². The summed E-state index contributed by atoms with van der Waals surface area (Å²) in [6.07, 6.45) is 5.94. The zero-order chi connectivity index (χ0) is 30.0. The quantitative estimate of drug-likeness (QED) is 0.294. The maximum absolute atomic E-state index is 12.9. The van der Waals surface area contributed by atoms with Crippen LogP contribution in [0.1, 0.15) is 26.7 Å². The number of carbonyl (C=O) groups is 2. The maximum Gasteiger partial charge on any atom is 0.321 e. The number of thiazole rings is 1. The van der Waals surface area contributed by atoms with Crippen LogP contribution in [0, 0.1) is 5.41 Å². The minimum atomic E-state index is -0.783. The molecule has 14 heteroatoms. The van der Waals surface area contributed by atoms with Gasteiger partial charge in [0, 0.05) is 56.3 Å². The number of carboxylic acids is 1. The molecule has 3 aromatic heterocycles. The Balaban J connectivity index is 1.53. The Morgan fingerprint density at radius 1 is 1.14 bits per heavy atom. The monoisotopic (exact) mass is 592 g/mol. The van der Waals surface area contributed by atoms with Crippen molar-refractivity contribution in [1.82, 2.24) is 24.5 Å². The van der Waals surface area contributed by atoms with Gasteiger partial charge in [0.25, 0.3) is 5.56 Å². The van der Waals surface area contributed by atoms with E-state index in [-0.39, 0.29) is 5.56 Å². The summed E-state index contributed by atoms with van der Waals surface area (Å²) in [7, 11) is 1.57. The molecule has 0 saturated carbocycles. The van der Waals surface area contributed by atoms with Crippen LogP contribution in [0.4, 0.5) is 15.9 Å². The van der Waals surface area contributed by atoms with Crippen LogP contribution in [0.3, 0.4) is 0 Å². The number of fused-ring (bicyclic) bond motifs is 1. The second kappa shape index (κ2) is 11.8. The largest absolute Gasteiger partial charge is 0.481 e. The minimum absolute atomic E-state index is 0.221. The van der Waals surface area contributed by atoms with Gasteiger partial charge in [-0.2, -0.15) is 0 Å². The normalized spacial score (nSPS) is 14.7. The van der Waals surface area contributed by atoms with E-state index in [1.807, 2.05) is 24.0 Å². The Morgan fingerprint density at radius 2 is 1.86 bits per heavy atom. The number of nitrogens with zero attached hydrogens (tertiary/aromatic N) is 7. The van der Waals surface area contributed by atoms with Gasteiger partial charge in [0.05, 0.1) is 40.8 Å². The number of methoxy groups -OCH3 is 1. The Kier molecular flexibility index (Phi) is 8.18. The van der Waals surface area contributed by atoms with Gasteiger partial charge in [0.15, 0.2) is 5.13 Å². The fourth-order valence-corrected chi connectivity index (χ4v) is 6.00. The number of hydrogen-bond donors (Lipinski definition) is 2. The molecule has 0 atom stereocenters. The molecule has 42 heavy (non-hydrogen) atoms. The van der Waals surface area contributed by atoms with Crippen molar-refractivity contribution < 1.29 is 19.4 Å². The molecular formula is C28H32N8O5S. The highest BCUT2D eigenvalue weighted by Gasteiger charge is 2.37. The smallest absolute Gasteiger partial charge is 0.321 e. The van der Waals surface area contributed by atoms with Crippen LogP contribution in [-0.4, -0.2) is 75.0 Å². The number of anilines is 2. The number of urea groups is 1. The molecule has 13 nitrogen and oxygen atoms in total. The average molecular weight is 593 g/mol. The van der Waals surface area contributed by atoms with Crippen molar-refractivity contribution in [2.24, 2.45) is 11.1 Å². The summed E-state index contributed by atoms with van der Waals surface area (Å²) in [5.41, 5.74) is 7.86. The average Bonchev–Trinajstić information content (AvgIpc) is 3.40. The lowest BCUT2D eigenvalue weighted by atomic mass is 9.80. The molecule has 0 aliphatic carbocycles. The van der Waals surface area contributed by atoms with Gasteiger partial charge in [0.1, 0.15) is 0 Å². The third-order valence-corrected chi connectivity index (χ3v) is 8.75. The Bertz CT molecular complexity index is 1680. The molecule has 4 aromatic rings. The van der Waals surface area contributed by atoms with Gasteiger partial charge in [-0.05, 0) is 44.4 Å². The predicted octanol–water partition coefficient (Wildman–Crippen LogP) is 3.22. The lowest BCUT2D eigenvalue weighted by Crippen LogP contribution is -2.43. The fourth-order valence-electron chi connectivity index (χ4n) is 4.86. The van der Waals surface area contributed by atoms with Crippen LogP contribution >= 0.6 is 11.3 Å². The summed E-state index contributed by atoms with van der Waals surface area (Å²) >= 11 is 1.30. The zero-order valence-corrected chi connectivity index (χ0v) is 24.4. The standard InChI is InChI=1S/C28H32N8O5S/c1-4-36(25(29)40)27-33-21-12-17(11-19(23(21)42-27)20-13-22(37)35(16-32-20)9-10-41-3)18-14-30-26(31-15-18)34-7-5-28(2,6-8-34)24(38)39/h11-16H,4-10H2,1-3H3,(H2,29,40)(H,38,39). The molecular weight excluding hydrogens is 560 g/mol. The molecule has 1 saturated heterocycles. The van der Waals surface area contributed by atoms with Crippen LogP contribution < -0.4 is 21.1 Å². The molecule has 220 valence electrons. The molecule has 0 unspecified atom stereocenters. The number of rotatable bonds is 9. The second-order valence-electron chi connectivity index (χ2n) is 10.4. The molecule has 0 radical (unpaired) electrons. The van der Waals surface area contributed by atoms with E-state index in [0.717, 1.165) is 15.8 Å². The van der Waals surface area contributed by atoms with E-state index in [1.165, 1.54) is 33.2 Å². The highest BCUT2D eigenvalue weighted by Crippen LogP contribution is 2.39. The van der Waals surface area contributed by atoms with Crippen molar-refractivity contribution >= 4 is 44.6 Å². The summed E-state index contributed by atoms with van der Waals surface area (Å²) in [5, 5.41) is 9.97. The van der Waals surface area contributed by atoms with Gasteiger partial charge >= 0.3 is 12.0 Å². The fraction of sp³-hybridized carbons (Fsp3) is 0.393. The lowest BCUT2D eigenvalue weighted by molar-refractivity contribution is -0.149. The third kappa shape index (κ3) is 5.67. The number of ether oxygens (including phenoxy) is 1. The molecule has 5 rings (SSSR count). The van der Waals surface area contributed by atoms with Crippen molar-refractivity contribution in [3.63, 3.8) is 0 Å². The predicted molar refractivity (Wildman–Crippen MR) is 160 cm³/mol. The van der Waals surface area contributed by atoms with Gasteiger partial charge in [0.2, 0.25) is 5.95 Å². The van der Waals surface area contributed by atoms with Crippen LogP contribution in [0.15, 0.2) is 41.7 Å². The third-order valence-electron chi connectivity index (χ3n) is 7.62. The highest BCUT2D eigenvalue weighted by molar-refractivity contribution is 7.23. The summed E-state index contributed by atoms with van der Waals surface area (Å²) in [4.78, 5) is 58.3. The zero-order valence-electron chi connectivity index (χ0n) is 23.6. The highest BCUT2D eigenvalue weighted by atomic mass is 32.1. The Morgan fingerprint density at radius 3 is 2.45 bits per heavy atom. The number of aromatic nitrogens is 5. The molecule has 0 spiro atoms. The van der Waals surface area contributed by atoms with E-state index < -0.39 is 17.4 Å². The number of carboxylic acid groups (broad SMARTS) is 1. The van der Waals surface area contributed by atoms with Crippen LogP contribution in [0.25, 0.3) is 32.6 Å². The van der Waals surface area contributed by atoms with E-state index in [4.69, 9.17) is 15.5 Å². The number of aliphatic carboxylic acids is 1. The SMILES string of the molecule is CCN(C(N)=O)c1nc2cc(-c3cnc(N4CCC(C)(C(=O)O)CC4)nc3)cc(-c3cc(=O)n(CCOC)cn3)c2s1. The number of piperidine rings is 1. The maximum atomic E-state index is 12.9. The van der Waals surface area contributed by atoms with E-state index >= 15 is 0 Å². The number of hydrogen-bond acceptors (Lipinski definition) is 10. The topological polar surface area (TPSA) is 170 Å². The molecule has 1 aliphatic heterocycles. The number of nitrogens with two attached hydrogens (primary N) is 1. The Labute approximate surface area is 245 Å². The number of primary amides is 1. The summed E-state index contributed by atoms with van der Waals surface area (Å²) in [6.45, 7) is 5.79. The molecule has 1 aliphatic rings. The van der Waals surface area contributed by atoms with E-state index in [9.17, 15) is 19.5 Å². The van der Waals surface area contributed by atoms with Gasteiger partial charge in [-0.15, -0.1) is 0 Å². The molecule has 1 aromatic carbocycles. The Hall–Kier alpha value is -4.43. The van der Waals surface area contributed by atoms with Crippen molar-refractivity contribution in [2.45, 2.75) is 33.2 Å². The number of carbonyl (C=O) groups excluding carboxylic acids is 1. The summed E-state index contributed by atoms with van der Waals surface area (Å²) < 4.78 is 7.31. The van der Waals surface area contributed by atoms with Gasteiger partial charge in [-0.25, -0.2) is 24.7 Å². The van der Waals surface area contributed by atoms with Crippen molar-refractivity contribution in [3.05, 3.63) is 47.3 Å². The van der Waals surface area contributed by atoms with E-state index in [0.29, 0.717) is 73.5 Å². The molecule has 0 bridgehead atoms. The van der Waals surface area contributed by atoms with E-state index in [2.05, 4.69) is 15.0 Å². The van der Waals surface area contributed by atoms with Crippen molar-refractivity contribution in [3.8, 4) is 22.4 Å². The van der Waals surface area contributed by atoms with Crippen molar-refractivity contribution in [2.75, 3.05) is 43.2 Å². The van der Waals surface area contributed by atoms with E-state index in [1.54, 1.807) is 26.4 Å². The van der Waals surface area contributed by atoms with Gasteiger partial charge < -0.3 is 20.5 Å². The molecule has 1 fully saturated rings. The first-order chi connectivity index (χ1) is 20.1. The second-order valence-corrected chi connectivity index (χ2v) is 11.4. The van der Waals surface area contributed by atoms with Gasteiger partial charge in [-0.3, -0.25) is 19.1 Å². The van der Waals surface area contributed by atoms with Crippen LogP contribution in [0.5, 0.6) is 0 Å². The number of amides is 2. The summed E-state index contributed by atoms with van der Waals surface area (Å²) in [5.74, 6) is -0.251. The molecule has 4 heterocycles. The van der Waals surface area contributed by atoms with Crippen LogP contribution in [-0.2, 0) is 16.1 Å². The minimum Gasteiger partial charge on any atom is -0.481 e. The first kappa shape index (κ1) is 29.1. The van der Waals surface area contributed by atoms with Gasteiger partial charge in [-0.1, -0.05) is 11.3 Å².